The fraction of sp³-hybridized carbons (Fsp3) is 0.182. The Hall–Kier alpha value is -3.52. The highest BCUT2D eigenvalue weighted by Crippen LogP contribution is 2.41. The van der Waals surface area contributed by atoms with Crippen molar-refractivity contribution in [1.29, 1.82) is 0 Å². The average Bonchev–Trinajstić information content (AvgIpc) is 3.37. The first kappa shape index (κ1) is 19.8. The second kappa shape index (κ2) is 8.08. The molecule has 0 aliphatic carbocycles. The molecule has 2 heterocycles. The van der Waals surface area contributed by atoms with Crippen LogP contribution in [0.1, 0.15) is 16.2 Å². The van der Waals surface area contributed by atoms with E-state index in [0.717, 1.165) is 21.5 Å². The van der Waals surface area contributed by atoms with E-state index in [1.807, 2.05) is 37.3 Å². The lowest BCUT2D eigenvalue weighted by Crippen LogP contribution is -2.11. The zero-order valence-corrected chi connectivity index (χ0v) is 17.8. The Bertz CT molecular complexity index is 1210. The lowest BCUT2D eigenvalue weighted by Gasteiger charge is -2.11. The number of hydrogen-bond acceptors (Lipinski definition) is 6. The van der Waals surface area contributed by atoms with Crippen molar-refractivity contribution in [2.24, 2.45) is 0 Å². The minimum atomic E-state index is -0.303. The van der Waals surface area contributed by atoms with Gasteiger partial charge in [-0.05, 0) is 18.6 Å². The van der Waals surface area contributed by atoms with Crippen LogP contribution in [0.4, 0.5) is 5.13 Å². The number of thiazole rings is 1. The van der Waals surface area contributed by atoms with Crippen LogP contribution in [0.15, 0.2) is 42.5 Å². The van der Waals surface area contributed by atoms with Crippen LogP contribution >= 0.6 is 11.3 Å². The van der Waals surface area contributed by atoms with Gasteiger partial charge in [0, 0.05) is 11.5 Å². The van der Waals surface area contributed by atoms with Gasteiger partial charge in [-0.25, -0.2) is 4.98 Å². The Morgan fingerprint density at radius 3 is 2.43 bits per heavy atom. The first-order chi connectivity index (χ1) is 14.5. The van der Waals surface area contributed by atoms with E-state index in [2.05, 4.69) is 15.3 Å². The van der Waals surface area contributed by atoms with Crippen molar-refractivity contribution < 1.29 is 19.0 Å². The Morgan fingerprint density at radius 2 is 1.77 bits per heavy atom. The normalized spacial score (nSPS) is 10.8. The third-order valence-electron chi connectivity index (χ3n) is 4.74. The van der Waals surface area contributed by atoms with Gasteiger partial charge in [0.05, 0.1) is 37.4 Å². The number of benzene rings is 2. The fourth-order valence-corrected chi connectivity index (χ4v) is 4.30. The molecule has 8 heteroatoms. The number of rotatable bonds is 6. The molecule has 4 aromatic rings. The number of anilines is 1. The number of methoxy groups -OCH3 is 3. The van der Waals surface area contributed by atoms with Gasteiger partial charge in [-0.2, -0.15) is 0 Å². The molecular weight excluding hydrogens is 402 g/mol. The predicted octanol–water partition coefficient (Wildman–Crippen LogP) is 4.88. The van der Waals surface area contributed by atoms with E-state index in [-0.39, 0.29) is 5.91 Å². The summed E-state index contributed by atoms with van der Waals surface area (Å²) in [6.45, 7) is 1.93. The molecule has 0 aliphatic rings. The van der Waals surface area contributed by atoms with Crippen molar-refractivity contribution in [3.8, 4) is 27.7 Å². The number of carbonyl (C=O) groups excluding carboxylic acids is 1. The number of aryl methyl sites for hydroxylation is 1. The summed E-state index contributed by atoms with van der Waals surface area (Å²) in [5, 5.41) is 4.13. The molecule has 0 fully saturated rings. The Labute approximate surface area is 177 Å². The quantitative estimate of drug-likeness (QED) is 0.462. The van der Waals surface area contributed by atoms with Gasteiger partial charge in [0.15, 0.2) is 16.6 Å². The molecule has 0 saturated carbocycles. The fourth-order valence-electron chi connectivity index (χ4n) is 3.33. The lowest BCUT2D eigenvalue weighted by atomic mass is 10.2. The van der Waals surface area contributed by atoms with E-state index in [4.69, 9.17) is 14.2 Å². The van der Waals surface area contributed by atoms with Gasteiger partial charge < -0.3 is 19.2 Å². The first-order valence-corrected chi connectivity index (χ1v) is 10.0. The molecule has 2 N–H and O–H groups in total. The minimum absolute atomic E-state index is 0.303. The van der Waals surface area contributed by atoms with Gasteiger partial charge in [0.2, 0.25) is 0 Å². The van der Waals surface area contributed by atoms with Crippen LogP contribution in [0.5, 0.6) is 17.2 Å². The predicted molar refractivity (Wildman–Crippen MR) is 118 cm³/mol. The summed E-state index contributed by atoms with van der Waals surface area (Å²) in [4.78, 5) is 21.6. The molecule has 2 aromatic heterocycles. The molecule has 30 heavy (non-hydrogen) atoms. The molecule has 4 rings (SSSR count). The van der Waals surface area contributed by atoms with Gasteiger partial charge in [0.1, 0.15) is 11.4 Å². The number of amides is 1. The van der Waals surface area contributed by atoms with Crippen LogP contribution in [0.3, 0.4) is 0 Å². The summed E-state index contributed by atoms with van der Waals surface area (Å²) < 4.78 is 16.3. The van der Waals surface area contributed by atoms with E-state index < -0.39 is 0 Å². The summed E-state index contributed by atoms with van der Waals surface area (Å²) in [5.41, 5.74) is 2.93. The molecule has 0 radical (unpaired) electrons. The molecule has 2 aromatic carbocycles. The smallest absolute Gasteiger partial charge is 0.273 e. The summed E-state index contributed by atoms with van der Waals surface area (Å²) >= 11 is 1.44. The van der Waals surface area contributed by atoms with Crippen LogP contribution in [-0.4, -0.2) is 37.2 Å². The number of aromatic nitrogens is 2. The van der Waals surface area contributed by atoms with Crippen molar-refractivity contribution in [2.45, 2.75) is 6.92 Å². The van der Waals surface area contributed by atoms with Crippen molar-refractivity contribution in [2.75, 3.05) is 26.6 Å². The van der Waals surface area contributed by atoms with Crippen LogP contribution in [0, 0.1) is 6.92 Å². The number of hydrogen-bond donors (Lipinski definition) is 2. The number of aromatic amines is 1. The summed E-state index contributed by atoms with van der Waals surface area (Å²) in [6.07, 6.45) is 0. The Balaban J connectivity index is 1.67. The first-order valence-electron chi connectivity index (χ1n) is 9.21. The molecular formula is C22H21N3O4S. The van der Waals surface area contributed by atoms with Crippen molar-refractivity contribution in [1.82, 2.24) is 9.97 Å². The zero-order valence-electron chi connectivity index (χ0n) is 17.0. The Morgan fingerprint density at radius 1 is 1.03 bits per heavy atom. The maximum atomic E-state index is 12.9. The number of fused-ring (bicyclic) bond motifs is 1. The standard InChI is InChI=1S/C22H21N3O4S/c1-12-20(13-8-6-5-7-9-13)30-22(23-12)25-21(26)15-10-14-16(27-2)11-17(28-3)19(29-4)18(14)24-15/h5-11,24H,1-4H3,(H,23,25,26). The number of H-pyrrole nitrogens is 1. The number of carbonyl (C=O) groups is 1. The third-order valence-corrected chi connectivity index (χ3v) is 5.86. The van der Waals surface area contributed by atoms with E-state index >= 15 is 0 Å². The van der Waals surface area contributed by atoms with Crippen LogP contribution in [0.25, 0.3) is 21.3 Å². The molecule has 154 valence electrons. The minimum Gasteiger partial charge on any atom is -0.496 e. The maximum Gasteiger partial charge on any atom is 0.273 e. The highest BCUT2D eigenvalue weighted by Gasteiger charge is 2.20. The van der Waals surface area contributed by atoms with Crippen LogP contribution in [0.2, 0.25) is 0 Å². The monoisotopic (exact) mass is 423 g/mol. The molecule has 0 aliphatic heterocycles. The molecule has 0 unspecified atom stereocenters. The zero-order chi connectivity index (χ0) is 21.3. The molecule has 1 amide bonds. The van der Waals surface area contributed by atoms with Gasteiger partial charge in [-0.1, -0.05) is 41.7 Å². The third kappa shape index (κ3) is 3.46. The van der Waals surface area contributed by atoms with Crippen molar-refractivity contribution in [3.63, 3.8) is 0 Å². The van der Waals surface area contributed by atoms with Crippen molar-refractivity contribution in [3.05, 3.63) is 53.9 Å². The van der Waals surface area contributed by atoms with E-state index in [1.54, 1.807) is 33.5 Å². The lowest BCUT2D eigenvalue weighted by molar-refractivity contribution is 0.102. The highest BCUT2D eigenvalue weighted by molar-refractivity contribution is 7.19. The topological polar surface area (TPSA) is 85.5 Å². The van der Waals surface area contributed by atoms with Gasteiger partial charge in [0.25, 0.3) is 5.91 Å². The molecule has 0 saturated heterocycles. The Kier molecular flexibility index (Phi) is 5.33. The van der Waals surface area contributed by atoms with Crippen LogP contribution < -0.4 is 19.5 Å². The number of nitrogens with zero attached hydrogens (tertiary/aromatic N) is 1. The van der Waals surface area contributed by atoms with E-state index in [1.165, 1.54) is 11.3 Å². The average molecular weight is 423 g/mol. The molecule has 0 atom stereocenters. The highest BCUT2D eigenvalue weighted by atomic mass is 32.1. The molecule has 0 bridgehead atoms. The molecule has 7 nitrogen and oxygen atoms in total. The summed E-state index contributed by atoms with van der Waals surface area (Å²) in [6, 6.07) is 13.4. The largest absolute Gasteiger partial charge is 0.496 e. The summed E-state index contributed by atoms with van der Waals surface area (Å²) in [5.74, 6) is 1.29. The second-order valence-electron chi connectivity index (χ2n) is 6.54. The summed E-state index contributed by atoms with van der Waals surface area (Å²) in [7, 11) is 4.67. The van der Waals surface area contributed by atoms with Gasteiger partial charge in [-0.15, -0.1) is 0 Å². The maximum absolute atomic E-state index is 12.9. The molecule has 0 spiro atoms. The number of ether oxygens (including phenoxy) is 3. The van der Waals surface area contributed by atoms with Crippen molar-refractivity contribution >= 4 is 33.3 Å². The van der Waals surface area contributed by atoms with E-state index in [9.17, 15) is 4.79 Å². The van der Waals surface area contributed by atoms with Gasteiger partial charge in [-0.3, -0.25) is 10.1 Å². The second-order valence-corrected chi connectivity index (χ2v) is 7.54. The SMILES string of the molecule is COc1cc(OC)c2cc(C(=O)Nc3nc(C)c(-c4ccccc4)s3)[nH]c2c1OC. The number of nitrogens with one attached hydrogen (secondary N) is 2. The van der Waals surface area contributed by atoms with Gasteiger partial charge >= 0.3 is 0 Å². The van der Waals surface area contributed by atoms with Crippen LogP contribution in [-0.2, 0) is 0 Å². The van der Waals surface area contributed by atoms with E-state index in [0.29, 0.717) is 33.6 Å².